The second-order valence-electron chi connectivity index (χ2n) is 4.44. The van der Waals surface area contributed by atoms with Crippen LogP contribution in [0.3, 0.4) is 0 Å². The van der Waals surface area contributed by atoms with E-state index in [2.05, 4.69) is 4.98 Å². The molecule has 0 radical (unpaired) electrons. The lowest BCUT2D eigenvalue weighted by molar-refractivity contribution is -0.247. The minimum Gasteiger partial charge on any atom is -0.530 e. The van der Waals surface area contributed by atoms with Crippen molar-refractivity contribution in [1.29, 1.82) is 0 Å². The van der Waals surface area contributed by atoms with Crippen LogP contribution in [0.5, 0.6) is 0 Å². The molecule has 0 spiro atoms. The third-order valence-corrected chi connectivity index (χ3v) is 3.20. The number of amides is 1. The normalized spacial score (nSPS) is 11.6. The first-order chi connectivity index (χ1) is 7.27. The fourth-order valence-electron chi connectivity index (χ4n) is 1.29. The zero-order valence-electron chi connectivity index (χ0n) is 9.77. The number of aliphatic hydroxyl groups is 1. The van der Waals surface area contributed by atoms with Crippen molar-refractivity contribution in [3.63, 3.8) is 0 Å². The van der Waals surface area contributed by atoms with Gasteiger partial charge in [-0.3, -0.25) is 4.90 Å². The van der Waals surface area contributed by atoms with Crippen LogP contribution in [0.15, 0.2) is 0 Å². The van der Waals surface area contributed by atoms with Gasteiger partial charge in [0.25, 0.3) is 0 Å². The lowest BCUT2D eigenvalue weighted by Crippen LogP contribution is -2.52. The van der Waals surface area contributed by atoms with Gasteiger partial charge in [0.05, 0.1) is 17.2 Å². The molecule has 0 unspecified atom stereocenters. The maximum absolute atomic E-state index is 11.1. The second kappa shape index (κ2) is 4.39. The molecule has 0 aliphatic carbocycles. The SMILES string of the molecule is Cc1nc(N(C(=O)[O-])C(C)(C)C)sc1CO. The highest BCUT2D eigenvalue weighted by Crippen LogP contribution is 2.30. The molecule has 1 amide bonds. The van der Waals surface area contributed by atoms with E-state index in [0.29, 0.717) is 15.7 Å². The molecule has 0 fully saturated rings. The minimum atomic E-state index is -1.29. The van der Waals surface area contributed by atoms with Crippen LogP contribution in [0.4, 0.5) is 9.93 Å². The maximum Gasteiger partial charge on any atom is 0.191 e. The number of anilines is 1. The third kappa shape index (κ3) is 2.51. The van der Waals surface area contributed by atoms with Gasteiger partial charge in [0, 0.05) is 5.54 Å². The van der Waals surface area contributed by atoms with Crippen molar-refractivity contribution >= 4 is 22.6 Å². The number of aliphatic hydroxyl groups excluding tert-OH is 1. The van der Waals surface area contributed by atoms with Crippen molar-refractivity contribution < 1.29 is 15.0 Å². The van der Waals surface area contributed by atoms with Gasteiger partial charge in [0.15, 0.2) is 5.13 Å². The van der Waals surface area contributed by atoms with Crippen molar-refractivity contribution in [3.8, 4) is 0 Å². The molecule has 1 rings (SSSR count). The Morgan fingerprint density at radius 3 is 2.44 bits per heavy atom. The summed E-state index contributed by atoms with van der Waals surface area (Å²) >= 11 is 1.17. The Morgan fingerprint density at radius 2 is 2.12 bits per heavy atom. The van der Waals surface area contributed by atoms with Gasteiger partial charge in [-0.25, -0.2) is 4.98 Å². The van der Waals surface area contributed by atoms with E-state index >= 15 is 0 Å². The van der Waals surface area contributed by atoms with E-state index in [4.69, 9.17) is 5.11 Å². The molecule has 16 heavy (non-hydrogen) atoms. The molecule has 1 N–H and O–H groups in total. The monoisotopic (exact) mass is 243 g/mol. The molecule has 1 heterocycles. The first kappa shape index (κ1) is 12.9. The van der Waals surface area contributed by atoms with Gasteiger partial charge in [-0.1, -0.05) is 11.3 Å². The molecule has 0 saturated heterocycles. The topological polar surface area (TPSA) is 76.5 Å². The summed E-state index contributed by atoms with van der Waals surface area (Å²) in [5.41, 5.74) is 0.0357. The summed E-state index contributed by atoms with van der Waals surface area (Å²) in [6, 6.07) is 0. The molecule has 6 heteroatoms. The number of nitrogens with zero attached hydrogens (tertiary/aromatic N) is 2. The van der Waals surface area contributed by atoms with Crippen LogP contribution in [-0.4, -0.2) is 21.7 Å². The molecule has 0 aliphatic heterocycles. The van der Waals surface area contributed by atoms with Gasteiger partial charge in [0.1, 0.15) is 6.09 Å². The zero-order chi connectivity index (χ0) is 12.5. The van der Waals surface area contributed by atoms with Crippen molar-refractivity contribution in [1.82, 2.24) is 4.98 Å². The number of hydrogen-bond donors (Lipinski definition) is 1. The Hall–Kier alpha value is -1.14. The van der Waals surface area contributed by atoms with Crippen LogP contribution >= 0.6 is 11.3 Å². The van der Waals surface area contributed by atoms with Gasteiger partial charge in [-0.2, -0.15) is 0 Å². The smallest absolute Gasteiger partial charge is 0.191 e. The standard InChI is InChI=1S/C10H16N2O3S/c1-6-7(5-13)16-8(11-6)12(9(14)15)10(2,3)4/h13H,5H2,1-4H3,(H,14,15)/p-1. The fraction of sp³-hybridized carbons (Fsp3) is 0.600. The van der Waals surface area contributed by atoms with Crippen LogP contribution in [0.25, 0.3) is 0 Å². The summed E-state index contributed by atoms with van der Waals surface area (Å²) in [6.07, 6.45) is -1.29. The lowest BCUT2D eigenvalue weighted by Gasteiger charge is -2.35. The summed E-state index contributed by atoms with van der Waals surface area (Å²) in [5, 5.41) is 20.5. The molecule has 0 aliphatic rings. The van der Waals surface area contributed by atoms with Crippen molar-refractivity contribution in [2.45, 2.75) is 39.8 Å². The molecular weight excluding hydrogens is 228 g/mol. The van der Waals surface area contributed by atoms with Crippen LogP contribution in [0.2, 0.25) is 0 Å². The summed E-state index contributed by atoms with van der Waals surface area (Å²) in [6.45, 7) is 6.89. The van der Waals surface area contributed by atoms with E-state index in [1.807, 2.05) is 0 Å². The van der Waals surface area contributed by atoms with Gasteiger partial charge in [-0.05, 0) is 27.7 Å². The summed E-state index contributed by atoms with van der Waals surface area (Å²) in [4.78, 5) is 17.0. The van der Waals surface area contributed by atoms with Gasteiger partial charge >= 0.3 is 0 Å². The number of thiazole rings is 1. The number of rotatable bonds is 2. The highest BCUT2D eigenvalue weighted by atomic mass is 32.1. The first-order valence-electron chi connectivity index (χ1n) is 4.85. The predicted octanol–water partition coefficient (Wildman–Crippen LogP) is 0.892. The van der Waals surface area contributed by atoms with Crippen molar-refractivity contribution in [3.05, 3.63) is 10.6 Å². The summed E-state index contributed by atoms with van der Waals surface area (Å²) < 4.78 is 0. The van der Waals surface area contributed by atoms with E-state index in [0.717, 1.165) is 4.90 Å². The Labute approximate surface area is 98.4 Å². The minimum absolute atomic E-state index is 0.130. The molecule has 0 saturated carbocycles. The number of hydrogen-bond acceptors (Lipinski definition) is 5. The highest BCUT2D eigenvalue weighted by molar-refractivity contribution is 7.15. The fourth-order valence-corrected chi connectivity index (χ4v) is 2.39. The van der Waals surface area contributed by atoms with Crippen molar-refractivity contribution in [2.75, 3.05) is 4.90 Å². The number of aromatic nitrogens is 1. The van der Waals surface area contributed by atoms with Crippen LogP contribution in [0.1, 0.15) is 31.3 Å². The van der Waals surface area contributed by atoms with E-state index in [1.165, 1.54) is 11.3 Å². The number of aryl methyl sites for hydroxylation is 1. The second-order valence-corrected chi connectivity index (χ2v) is 5.50. The number of carbonyl (C=O) groups excluding carboxylic acids is 1. The van der Waals surface area contributed by atoms with Gasteiger partial charge < -0.3 is 15.0 Å². The summed E-state index contributed by atoms with van der Waals surface area (Å²) in [5.74, 6) is 0. The molecule has 0 aromatic carbocycles. The Morgan fingerprint density at radius 1 is 1.56 bits per heavy atom. The van der Waals surface area contributed by atoms with Crippen LogP contribution in [0, 0.1) is 6.92 Å². The van der Waals surface area contributed by atoms with Crippen LogP contribution in [-0.2, 0) is 6.61 Å². The average Bonchev–Trinajstić information content (AvgIpc) is 2.43. The Balaban J connectivity index is 3.17. The molecular formula is C10H15N2O3S-. The van der Waals surface area contributed by atoms with E-state index in [9.17, 15) is 9.90 Å². The Bertz CT molecular complexity index is 395. The van der Waals surface area contributed by atoms with Crippen molar-refractivity contribution in [2.24, 2.45) is 0 Å². The third-order valence-electron chi connectivity index (χ3n) is 2.07. The van der Waals surface area contributed by atoms with Crippen LogP contribution < -0.4 is 10.0 Å². The van der Waals surface area contributed by atoms with Gasteiger partial charge in [-0.15, -0.1) is 0 Å². The number of carbonyl (C=O) groups is 1. The van der Waals surface area contributed by atoms with E-state index in [-0.39, 0.29) is 6.61 Å². The Kier molecular flexibility index (Phi) is 3.54. The molecule has 90 valence electrons. The van der Waals surface area contributed by atoms with E-state index < -0.39 is 11.6 Å². The predicted molar refractivity (Wildman–Crippen MR) is 60.4 cm³/mol. The molecule has 0 atom stereocenters. The quantitative estimate of drug-likeness (QED) is 0.837. The molecule has 1 aromatic rings. The first-order valence-corrected chi connectivity index (χ1v) is 5.67. The largest absolute Gasteiger partial charge is 0.530 e. The van der Waals surface area contributed by atoms with E-state index in [1.54, 1.807) is 27.7 Å². The highest BCUT2D eigenvalue weighted by Gasteiger charge is 2.26. The number of carboxylic acid groups (broad SMARTS) is 1. The summed E-state index contributed by atoms with van der Waals surface area (Å²) in [7, 11) is 0. The zero-order valence-corrected chi connectivity index (χ0v) is 10.6. The maximum atomic E-state index is 11.1. The lowest BCUT2D eigenvalue weighted by atomic mass is 10.1. The average molecular weight is 243 g/mol. The molecule has 1 aromatic heterocycles. The molecule has 0 bridgehead atoms. The molecule has 5 nitrogen and oxygen atoms in total. The van der Waals surface area contributed by atoms with Gasteiger partial charge in [0.2, 0.25) is 0 Å².